The van der Waals surface area contributed by atoms with Gasteiger partial charge < -0.3 is 9.64 Å². The average molecular weight is 519 g/mol. The Labute approximate surface area is 205 Å². The summed E-state index contributed by atoms with van der Waals surface area (Å²) in [5, 5.41) is 4.64. The summed E-state index contributed by atoms with van der Waals surface area (Å²) in [6.07, 6.45) is 0. The molecule has 2 aliphatic heterocycles. The van der Waals surface area contributed by atoms with Crippen molar-refractivity contribution in [2.45, 2.75) is 15.5 Å². The molecule has 0 spiro atoms. The summed E-state index contributed by atoms with van der Waals surface area (Å²) in [7, 11) is -4.00. The molecule has 0 saturated carbocycles. The third kappa shape index (κ3) is 4.05. The largest absolute Gasteiger partial charge is 0.378 e. The van der Waals surface area contributed by atoms with Gasteiger partial charge in [0.15, 0.2) is 5.69 Å². The van der Waals surface area contributed by atoms with Gasteiger partial charge in [-0.05, 0) is 24.3 Å². The normalized spacial score (nSPS) is 18.1. The van der Waals surface area contributed by atoms with E-state index in [9.17, 15) is 22.3 Å². The second-order valence-corrected chi connectivity index (χ2v) is 12.8. The molecule has 1 saturated heterocycles. The van der Waals surface area contributed by atoms with Gasteiger partial charge in [-0.1, -0.05) is 24.3 Å². The van der Waals surface area contributed by atoms with Gasteiger partial charge in [-0.25, -0.2) is 17.4 Å². The SMILES string of the molecule is CN(C)S(=O)(=O)c1cccc(-n2nc(C(=O)N3CCOCC3)c3c2-c2ccccc2S(O)(O)C3)c1. The number of carbonyl (C=O) groups excluding carboxylic acids is 1. The van der Waals surface area contributed by atoms with Crippen LogP contribution in [0, 0.1) is 0 Å². The highest BCUT2D eigenvalue weighted by Crippen LogP contribution is 2.59. The van der Waals surface area contributed by atoms with Gasteiger partial charge >= 0.3 is 0 Å². The van der Waals surface area contributed by atoms with Crippen LogP contribution in [0.4, 0.5) is 0 Å². The fourth-order valence-corrected chi connectivity index (χ4v) is 6.94. The molecule has 2 aliphatic rings. The zero-order chi connectivity index (χ0) is 25.0. The molecule has 1 amide bonds. The Morgan fingerprint density at radius 2 is 1.80 bits per heavy atom. The maximum absolute atomic E-state index is 13.5. The Bertz CT molecular complexity index is 1410. The molecule has 35 heavy (non-hydrogen) atoms. The van der Waals surface area contributed by atoms with Crippen LogP contribution in [0.3, 0.4) is 0 Å². The zero-order valence-corrected chi connectivity index (χ0v) is 20.9. The van der Waals surface area contributed by atoms with Gasteiger partial charge in [-0.3, -0.25) is 13.9 Å². The number of morpholine rings is 1. The van der Waals surface area contributed by atoms with Crippen LogP contribution in [-0.2, 0) is 20.5 Å². The number of hydrogen-bond acceptors (Lipinski definition) is 7. The highest BCUT2D eigenvalue weighted by Gasteiger charge is 2.37. The van der Waals surface area contributed by atoms with Gasteiger partial charge in [0.1, 0.15) is 0 Å². The van der Waals surface area contributed by atoms with Crippen LogP contribution in [0.5, 0.6) is 0 Å². The van der Waals surface area contributed by atoms with E-state index in [1.165, 1.54) is 30.9 Å². The van der Waals surface area contributed by atoms with E-state index in [4.69, 9.17) is 4.74 Å². The second kappa shape index (κ2) is 8.73. The summed E-state index contributed by atoms with van der Waals surface area (Å²) in [5.41, 5.74) is 2.09. The molecule has 5 rings (SSSR count). The number of ether oxygens (including phenoxy) is 1. The number of nitrogens with zero attached hydrogens (tertiary/aromatic N) is 4. The topological polar surface area (TPSA) is 125 Å². The highest BCUT2D eigenvalue weighted by atomic mass is 32.3. The smallest absolute Gasteiger partial charge is 0.274 e. The number of sulfonamides is 1. The lowest BCUT2D eigenvalue weighted by Crippen LogP contribution is -2.41. The predicted molar refractivity (Wildman–Crippen MR) is 131 cm³/mol. The number of aromatic nitrogens is 2. The van der Waals surface area contributed by atoms with Crippen LogP contribution < -0.4 is 0 Å². The molecule has 10 nitrogen and oxygen atoms in total. The minimum Gasteiger partial charge on any atom is -0.378 e. The first kappa shape index (κ1) is 24.0. The van der Waals surface area contributed by atoms with Crippen LogP contribution in [-0.4, -0.2) is 82.8 Å². The first-order chi connectivity index (χ1) is 16.6. The molecule has 0 radical (unpaired) electrons. The van der Waals surface area contributed by atoms with E-state index >= 15 is 0 Å². The molecule has 0 bridgehead atoms. The number of hydrogen-bond donors (Lipinski definition) is 2. The number of carbonyl (C=O) groups is 1. The van der Waals surface area contributed by atoms with Crippen LogP contribution in [0.1, 0.15) is 16.1 Å². The van der Waals surface area contributed by atoms with Crippen molar-refractivity contribution in [2.75, 3.05) is 40.4 Å². The molecule has 0 aliphatic carbocycles. The van der Waals surface area contributed by atoms with E-state index in [1.54, 1.807) is 41.3 Å². The molecule has 0 atom stereocenters. The highest BCUT2D eigenvalue weighted by molar-refractivity contribution is 8.23. The van der Waals surface area contributed by atoms with E-state index in [1.807, 2.05) is 0 Å². The standard InChI is InChI=1S/C23H26N4O6S2/c1-25(2)35(31,32)17-7-5-6-16(14-17)27-22-18-8-3-4-9-20(18)34(29,30)15-19(22)21(24-27)23(28)26-10-12-33-13-11-26/h3-9,14,29-30H,10-13,15H2,1-2H3. The summed E-state index contributed by atoms with van der Waals surface area (Å²) >= 11 is 0. The lowest BCUT2D eigenvalue weighted by molar-refractivity contribution is 0.0298. The molecule has 0 unspecified atom stereocenters. The third-order valence-corrected chi connectivity index (χ3v) is 9.73. The van der Waals surface area contributed by atoms with E-state index in [2.05, 4.69) is 5.10 Å². The second-order valence-electron chi connectivity index (χ2n) is 8.58. The molecule has 3 heterocycles. The van der Waals surface area contributed by atoms with E-state index < -0.39 is 20.6 Å². The third-order valence-electron chi connectivity index (χ3n) is 6.17. The lowest BCUT2D eigenvalue weighted by atomic mass is 10.0. The van der Waals surface area contributed by atoms with E-state index in [0.717, 1.165) is 4.31 Å². The molecule has 1 fully saturated rings. The van der Waals surface area contributed by atoms with Crippen LogP contribution in [0.2, 0.25) is 0 Å². The van der Waals surface area contributed by atoms with Gasteiger partial charge in [0, 0.05) is 38.3 Å². The Morgan fingerprint density at radius 3 is 2.51 bits per heavy atom. The molecule has 12 heteroatoms. The molecule has 2 N–H and O–H groups in total. The zero-order valence-electron chi connectivity index (χ0n) is 19.3. The Kier molecular flexibility index (Phi) is 5.98. The number of fused-ring (bicyclic) bond motifs is 3. The molecule has 186 valence electrons. The fourth-order valence-electron chi connectivity index (χ4n) is 4.35. The molecular weight excluding hydrogens is 492 g/mol. The van der Waals surface area contributed by atoms with Crippen molar-refractivity contribution in [2.24, 2.45) is 0 Å². The van der Waals surface area contributed by atoms with Gasteiger partial charge in [0.05, 0.1) is 40.1 Å². The minimum atomic E-state index is -3.71. The lowest BCUT2D eigenvalue weighted by Gasteiger charge is -2.38. The van der Waals surface area contributed by atoms with Crippen molar-refractivity contribution >= 4 is 26.5 Å². The first-order valence-corrected chi connectivity index (χ1v) is 14.1. The molecule has 3 aromatic rings. The number of benzene rings is 2. The van der Waals surface area contributed by atoms with Gasteiger partial charge in [0.2, 0.25) is 10.0 Å². The van der Waals surface area contributed by atoms with E-state index in [-0.39, 0.29) is 22.2 Å². The van der Waals surface area contributed by atoms with Crippen molar-refractivity contribution in [3.8, 4) is 16.9 Å². The monoisotopic (exact) mass is 518 g/mol. The molecular formula is C23H26N4O6S2. The maximum atomic E-state index is 13.5. The Balaban J connectivity index is 1.74. The van der Waals surface area contributed by atoms with Crippen LogP contribution in [0.15, 0.2) is 58.3 Å². The Hall–Kier alpha value is -2.74. The fraction of sp³-hybridized carbons (Fsp3) is 0.304. The quantitative estimate of drug-likeness (QED) is 0.544. The van der Waals surface area contributed by atoms with Crippen molar-refractivity contribution < 1.29 is 27.1 Å². The summed E-state index contributed by atoms with van der Waals surface area (Å²) in [5.74, 6) is -0.476. The van der Waals surface area contributed by atoms with Gasteiger partial charge in [-0.2, -0.15) is 15.7 Å². The summed E-state index contributed by atoms with van der Waals surface area (Å²) in [6, 6.07) is 13.2. The summed E-state index contributed by atoms with van der Waals surface area (Å²) in [4.78, 5) is 15.6. The maximum Gasteiger partial charge on any atom is 0.274 e. The van der Waals surface area contributed by atoms with Gasteiger partial charge in [-0.15, -0.1) is 0 Å². The summed E-state index contributed by atoms with van der Waals surface area (Å²) < 4.78 is 55.5. The molecule has 1 aromatic heterocycles. The van der Waals surface area contributed by atoms with Crippen molar-refractivity contribution in [1.29, 1.82) is 0 Å². The first-order valence-electron chi connectivity index (χ1n) is 11.0. The average Bonchev–Trinajstić information content (AvgIpc) is 3.23. The Morgan fingerprint density at radius 1 is 1.09 bits per heavy atom. The van der Waals surface area contributed by atoms with Crippen LogP contribution in [0.25, 0.3) is 16.9 Å². The summed E-state index contributed by atoms with van der Waals surface area (Å²) in [6.45, 7) is 1.64. The van der Waals surface area contributed by atoms with E-state index in [0.29, 0.717) is 53.7 Å². The van der Waals surface area contributed by atoms with Crippen molar-refractivity contribution in [3.63, 3.8) is 0 Å². The van der Waals surface area contributed by atoms with Crippen molar-refractivity contribution in [3.05, 3.63) is 59.8 Å². The van der Waals surface area contributed by atoms with Crippen LogP contribution >= 0.6 is 10.6 Å². The van der Waals surface area contributed by atoms with Gasteiger partial charge in [0.25, 0.3) is 5.91 Å². The number of amides is 1. The van der Waals surface area contributed by atoms with Crippen molar-refractivity contribution in [1.82, 2.24) is 19.0 Å². The number of rotatable bonds is 4. The molecule has 2 aromatic carbocycles. The minimum absolute atomic E-state index is 0.0821. The predicted octanol–water partition coefficient (Wildman–Crippen LogP) is 2.89.